The average molecular weight is 347 g/mol. The van der Waals surface area contributed by atoms with Gasteiger partial charge in [-0.2, -0.15) is 0 Å². The number of likely N-dealkylation sites (N-methyl/N-ethyl adjacent to an activating group) is 1. The highest BCUT2D eigenvalue weighted by molar-refractivity contribution is 5.41. The zero-order valence-corrected chi connectivity index (χ0v) is 16.4. The Morgan fingerprint density at radius 2 is 1.80 bits per heavy atom. The van der Waals surface area contributed by atoms with Crippen LogP contribution in [0.15, 0.2) is 6.20 Å². The number of hydrogen-bond acceptors (Lipinski definition) is 5. The summed E-state index contributed by atoms with van der Waals surface area (Å²) in [5, 5.41) is 0. The zero-order valence-electron chi connectivity index (χ0n) is 16.4. The van der Waals surface area contributed by atoms with Gasteiger partial charge in [0.2, 0.25) is 0 Å². The molecule has 3 rings (SSSR count). The molecule has 0 aromatic carbocycles. The highest BCUT2D eigenvalue weighted by Crippen LogP contribution is 2.25. The molecule has 2 saturated heterocycles. The van der Waals surface area contributed by atoms with Crippen molar-refractivity contribution in [2.24, 2.45) is 0 Å². The van der Waals surface area contributed by atoms with E-state index >= 15 is 0 Å². The number of piperazine rings is 1. The first kappa shape index (κ1) is 18.6. The Morgan fingerprint density at radius 1 is 1.08 bits per heavy atom. The number of methoxy groups -OCH3 is 1. The summed E-state index contributed by atoms with van der Waals surface area (Å²) >= 11 is 0. The number of nitrogens with zero attached hydrogens (tertiary/aromatic N) is 4. The summed E-state index contributed by atoms with van der Waals surface area (Å²) in [6, 6.07) is 0.755. The Kier molecular flexibility index (Phi) is 6.31. The molecule has 0 amide bonds. The van der Waals surface area contributed by atoms with Crippen molar-refractivity contribution in [3.63, 3.8) is 0 Å². The average Bonchev–Trinajstić information content (AvgIpc) is 2.61. The minimum absolute atomic E-state index is 0.755. The van der Waals surface area contributed by atoms with E-state index in [0.717, 1.165) is 42.7 Å². The number of ether oxygens (including phenoxy) is 1. The SMILES string of the molecule is COc1c(C)cnc(CN2CCN(CC3CCCCN3C)CC2)c1C. The molecule has 5 heteroatoms. The van der Waals surface area contributed by atoms with E-state index in [1.165, 1.54) is 51.0 Å². The molecule has 1 aromatic rings. The Hall–Kier alpha value is -1.17. The number of likely N-dealkylation sites (tertiary alicyclic amines) is 1. The minimum Gasteiger partial charge on any atom is -0.496 e. The third-order valence-electron chi connectivity index (χ3n) is 5.98. The molecule has 0 saturated carbocycles. The molecule has 25 heavy (non-hydrogen) atoms. The van der Waals surface area contributed by atoms with Crippen molar-refractivity contribution in [3.8, 4) is 5.75 Å². The van der Waals surface area contributed by atoms with Crippen LogP contribution >= 0.6 is 0 Å². The predicted molar refractivity (Wildman–Crippen MR) is 102 cm³/mol. The van der Waals surface area contributed by atoms with E-state index in [0.29, 0.717) is 0 Å². The van der Waals surface area contributed by atoms with Gasteiger partial charge in [-0.1, -0.05) is 6.42 Å². The van der Waals surface area contributed by atoms with Gasteiger partial charge in [0.15, 0.2) is 0 Å². The first-order valence-corrected chi connectivity index (χ1v) is 9.72. The molecular weight excluding hydrogens is 312 g/mol. The van der Waals surface area contributed by atoms with Gasteiger partial charge >= 0.3 is 0 Å². The van der Waals surface area contributed by atoms with Crippen LogP contribution in [-0.4, -0.2) is 79.2 Å². The second-order valence-corrected chi connectivity index (χ2v) is 7.75. The van der Waals surface area contributed by atoms with Crippen LogP contribution in [0, 0.1) is 13.8 Å². The van der Waals surface area contributed by atoms with E-state index < -0.39 is 0 Å². The second kappa shape index (κ2) is 8.47. The van der Waals surface area contributed by atoms with E-state index in [4.69, 9.17) is 4.74 Å². The lowest BCUT2D eigenvalue weighted by atomic mass is 10.0. The maximum Gasteiger partial charge on any atom is 0.128 e. The summed E-state index contributed by atoms with van der Waals surface area (Å²) in [6.07, 6.45) is 6.07. The normalized spacial score (nSPS) is 23.8. The van der Waals surface area contributed by atoms with E-state index in [1.807, 2.05) is 6.20 Å². The lowest BCUT2D eigenvalue weighted by molar-refractivity contribution is 0.0812. The molecule has 2 aliphatic rings. The fraction of sp³-hybridized carbons (Fsp3) is 0.750. The molecule has 0 spiro atoms. The van der Waals surface area contributed by atoms with E-state index in [1.54, 1.807) is 7.11 Å². The minimum atomic E-state index is 0.755. The summed E-state index contributed by atoms with van der Waals surface area (Å²) in [5.74, 6) is 0.990. The molecule has 1 unspecified atom stereocenters. The molecule has 0 bridgehead atoms. The molecule has 2 aliphatic heterocycles. The fourth-order valence-electron chi connectivity index (χ4n) is 4.25. The molecule has 3 heterocycles. The van der Waals surface area contributed by atoms with Crippen molar-refractivity contribution in [1.29, 1.82) is 0 Å². The third kappa shape index (κ3) is 4.52. The second-order valence-electron chi connectivity index (χ2n) is 7.75. The van der Waals surface area contributed by atoms with Crippen molar-refractivity contribution in [2.75, 3.05) is 53.4 Å². The van der Waals surface area contributed by atoms with Gasteiger partial charge in [0.25, 0.3) is 0 Å². The smallest absolute Gasteiger partial charge is 0.128 e. The molecule has 1 aromatic heterocycles. The van der Waals surface area contributed by atoms with Crippen LogP contribution in [0.3, 0.4) is 0 Å². The van der Waals surface area contributed by atoms with Crippen LogP contribution in [-0.2, 0) is 6.54 Å². The maximum absolute atomic E-state index is 5.55. The van der Waals surface area contributed by atoms with Crippen LogP contribution in [0.25, 0.3) is 0 Å². The highest BCUT2D eigenvalue weighted by Gasteiger charge is 2.24. The standard InChI is InChI=1S/C20H34N4O/c1-16-13-21-19(17(2)20(16)25-4)15-24-11-9-23(10-12-24)14-18-7-5-6-8-22(18)3/h13,18H,5-12,14-15H2,1-4H3. The van der Waals surface area contributed by atoms with Crippen molar-refractivity contribution in [2.45, 2.75) is 45.7 Å². The van der Waals surface area contributed by atoms with Crippen molar-refractivity contribution in [3.05, 3.63) is 23.0 Å². The number of aryl methyl sites for hydroxylation is 1. The van der Waals surface area contributed by atoms with Gasteiger partial charge < -0.3 is 9.64 Å². The van der Waals surface area contributed by atoms with Crippen LogP contribution in [0.5, 0.6) is 5.75 Å². The predicted octanol–water partition coefficient (Wildman–Crippen LogP) is 2.31. The van der Waals surface area contributed by atoms with Crippen molar-refractivity contribution < 1.29 is 4.74 Å². The molecule has 0 radical (unpaired) electrons. The van der Waals surface area contributed by atoms with Crippen LogP contribution in [0.1, 0.15) is 36.1 Å². The molecule has 140 valence electrons. The topological polar surface area (TPSA) is 31.8 Å². The molecule has 1 atom stereocenters. The molecule has 0 N–H and O–H groups in total. The van der Waals surface area contributed by atoms with Gasteiger partial charge in [0, 0.05) is 62.6 Å². The van der Waals surface area contributed by atoms with Crippen molar-refractivity contribution >= 4 is 0 Å². The van der Waals surface area contributed by atoms with Gasteiger partial charge in [-0.15, -0.1) is 0 Å². The number of pyridine rings is 1. The first-order chi connectivity index (χ1) is 12.1. The number of hydrogen-bond donors (Lipinski definition) is 0. The van der Waals surface area contributed by atoms with Gasteiger partial charge in [-0.3, -0.25) is 14.8 Å². The van der Waals surface area contributed by atoms with Crippen LogP contribution in [0.2, 0.25) is 0 Å². The van der Waals surface area contributed by atoms with E-state index in [9.17, 15) is 0 Å². The number of aromatic nitrogens is 1. The van der Waals surface area contributed by atoms with Gasteiger partial charge in [-0.25, -0.2) is 0 Å². The summed E-state index contributed by atoms with van der Waals surface area (Å²) in [4.78, 5) is 12.4. The number of piperidine rings is 1. The first-order valence-electron chi connectivity index (χ1n) is 9.72. The highest BCUT2D eigenvalue weighted by atomic mass is 16.5. The Balaban J connectivity index is 1.51. The molecule has 0 aliphatic carbocycles. The Labute approximate surface area is 153 Å². The van der Waals surface area contributed by atoms with Crippen molar-refractivity contribution in [1.82, 2.24) is 19.7 Å². The monoisotopic (exact) mass is 346 g/mol. The molecule has 2 fully saturated rings. The fourth-order valence-corrected chi connectivity index (χ4v) is 4.25. The Morgan fingerprint density at radius 3 is 2.48 bits per heavy atom. The van der Waals surface area contributed by atoms with Gasteiger partial charge in [0.1, 0.15) is 5.75 Å². The zero-order chi connectivity index (χ0) is 17.8. The Bertz CT molecular complexity index is 569. The maximum atomic E-state index is 5.55. The lowest BCUT2D eigenvalue weighted by Crippen LogP contribution is -2.51. The summed E-state index contributed by atoms with van der Waals surface area (Å²) < 4.78 is 5.55. The largest absolute Gasteiger partial charge is 0.496 e. The van der Waals surface area contributed by atoms with Gasteiger partial charge in [0.05, 0.1) is 12.8 Å². The van der Waals surface area contributed by atoms with Gasteiger partial charge in [-0.05, 0) is 40.3 Å². The van der Waals surface area contributed by atoms with Crippen LogP contribution in [0.4, 0.5) is 0 Å². The number of rotatable bonds is 5. The quantitative estimate of drug-likeness (QED) is 0.817. The lowest BCUT2D eigenvalue weighted by Gasteiger charge is -2.40. The van der Waals surface area contributed by atoms with Crippen LogP contribution < -0.4 is 4.74 Å². The third-order valence-corrected chi connectivity index (χ3v) is 5.98. The molecular formula is C20H34N4O. The van der Waals surface area contributed by atoms with E-state index in [2.05, 4.69) is 40.6 Å². The summed E-state index contributed by atoms with van der Waals surface area (Å²) in [7, 11) is 4.04. The summed E-state index contributed by atoms with van der Waals surface area (Å²) in [6.45, 7) is 12.2. The summed E-state index contributed by atoms with van der Waals surface area (Å²) in [5.41, 5.74) is 3.46. The molecule has 5 nitrogen and oxygen atoms in total. The van der Waals surface area contributed by atoms with E-state index in [-0.39, 0.29) is 0 Å².